The summed E-state index contributed by atoms with van der Waals surface area (Å²) in [6.45, 7) is 0. The predicted molar refractivity (Wildman–Crippen MR) is 186 cm³/mol. The highest BCUT2D eigenvalue weighted by molar-refractivity contribution is 7.26. The van der Waals surface area contributed by atoms with Crippen LogP contribution in [-0.4, -0.2) is 14.5 Å². The summed E-state index contributed by atoms with van der Waals surface area (Å²) in [6.07, 6.45) is 0. The third-order valence-corrected chi connectivity index (χ3v) is 8.84. The maximum atomic E-state index is 9.40. The Morgan fingerprint density at radius 1 is 0.568 bits per heavy atom. The molecule has 0 spiro atoms. The van der Waals surface area contributed by atoms with E-state index in [1.807, 2.05) is 78.9 Å². The van der Waals surface area contributed by atoms with E-state index in [-0.39, 0.29) is 33.2 Å². The molecule has 0 saturated heterocycles. The van der Waals surface area contributed by atoms with Gasteiger partial charge in [0.2, 0.25) is 0 Å². The monoisotopic (exact) mass is 591 g/mol. The van der Waals surface area contributed by atoms with E-state index in [1.54, 1.807) is 11.3 Å². The Kier molecular flexibility index (Phi) is 3.59. The Bertz CT molecular complexity index is 3150. The largest absolute Gasteiger partial charge is 0.309 e. The molecule has 0 aliphatic heterocycles. The molecule has 206 valence electrons. The lowest BCUT2D eigenvalue weighted by Gasteiger charge is -2.13. The van der Waals surface area contributed by atoms with E-state index in [0.717, 1.165) is 30.3 Å². The average Bonchev–Trinajstić information content (AvgIpc) is 3.77. The summed E-state index contributed by atoms with van der Waals surface area (Å²) in [5.41, 5.74) is 1.24. The summed E-state index contributed by atoms with van der Waals surface area (Å²) in [6, 6.07) is 17.4. The standard InChI is InChI=1S/C40H25N3S/c1-3-13-26(14-4-1)34-25-35(32-21-12-20-31-29-18-8-10-24-37(29)44-39(31)32)42-40(41-34)33-22-11-19-30-28-17-7-9-23-36(28)43(38(30)33)27-15-5-2-6-16-27/h1-25H/i2D,5D,6D,7D,9D,11D,15D,16D,17D,19D,22D,23D. The van der Waals surface area contributed by atoms with Gasteiger partial charge in [0, 0.05) is 53.3 Å². The van der Waals surface area contributed by atoms with Crippen molar-refractivity contribution in [3.8, 4) is 39.6 Å². The van der Waals surface area contributed by atoms with Crippen LogP contribution in [0.4, 0.5) is 0 Å². The van der Waals surface area contributed by atoms with Gasteiger partial charge in [-0.1, -0.05) is 115 Å². The SMILES string of the molecule is [2H]c1c([2H])c([2H])c(-n2c3c([2H])c([2H])c([2H])c([2H])c3c3c([2H])c([2H])c([2H])c(-c4nc(-c5ccccc5)cc(-c5cccc6c5sc5ccccc56)n4)c32)c([2H])c1[2H]. The molecule has 0 atom stereocenters. The molecule has 3 aromatic heterocycles. The molecule has 6 aromatic carbocycles. The molecule has 3 nitrogen and oxygen atoms in total. The van der Waals surface area contributed by atoms with Crippen LogP contribution in [0, 0.1) is 0 Å². The Labute approximate surface area is 275 Å². The van der Waals surface area contributed by atoms with Crippen LogP contribution < -0.4 is 0 Å². The van der Waals surface area contributed by atoms with Crippen molar-refractivity contribution in [2.24, 2.45) is 0 Å². The Hall–Kier alpha value is -5.58. The first-order chi connectivity index (χ1) is 26.8. The molecule has 0 aliphatic rings. The van der Waals surface area contributed by atoms with E-state index in [1.165, 1.54) is 0 Å². The molecule has 0 amide bonds. The first-order valence-electron chi connectivity index (χ1n) is 19.8. The van der Waals surface area contributed by atoms with Crippen molar-refractivity contribution in [1.29, 1.82) is 0 Å². The molecule has 9 rings (SSSR count). The molecular formula is C40H25N3S. The van der Waals surface area contributed by atoms with Crippen molar-refractivity contribution in [3.05, 3.63) is 151 Å². The summed E-state index contributed by atoms with van der Waals surface area (Å²) >= 11 is 1.59. The van der Waals surface area contributed by atoms with Crippen LogP contribution >= 0.6 is 11.3 Å². The summed E-state index contributed by atoms with van der Waals surface area (Å²) in [5.74, 6) is -0.102. The fraction of sp³-hybridized carbons (Fsp3) is 0. The number of hydrogen-bond donors (Lipinski definition) is 0. The fourth-order valence-electron chi connectivity index (χ4n) is 5.71. The zero-order valence-corrected chi connectivity index (χ0v) is 23.6. The second kappa shape index (κ2) is 10.0. The number of thiophene rings is 1. The summed E-state index contributed by atoms with van der Waals surface area (Å²) < 4.78 is 109. The molecule has 0 fully saturated rings. The first-order valence-corrected chi connectivity index (χ1v) is 14.6. The number of rotatable bonds is 4. The first kappa shape index (κ1) is 15.8. The number of hydrogen-bond acceptors (Lipinski definition) is 3. The summed E-state index contributed by atoms with van der Waals surface area (Å²) in [5, 5.41) is 1.67. The topological polar surface area (TPSA) is 30.7 Å². The van der Waals surface area contributed by atoms with Crippen molar-refractivity contribution in [2.75, 3.05) is 0 Å². The zero-order chi connectivity index (χ0) is 39.5. The lowest BCUT2D eigenvalue weighted by Crippen LogP contribution is -1.99. The van der Waals surface area contributed by atoms with Crippen LogP contribution in [0.3, 0.4) is 0 Å². The Morgan fingerprint density at radius 2 is 1.32 bits per heavy atom. The number of fused-ring (bicyclic) bond motifs is 6. The Morgan fingerprint density at radius 3 is 2.23 bits per heavy atom. The minimum absolute atomic E-state index is 0.102. The van der Waals surface area contributed by atoms with Crippen LogP contribution in [0.5, 0.6) is 0 Å². The van der Waals surface area contributed by atoms with Crippen LogP contribution in [-0.2, 0) is 0 Å². The van der Waals surface area contributed by atoms with Gasteiger partial charge in [-0.25, -0.2) is 9.97 Å². The van der Waals surface area contributed by atoms with Gasteiger partial charge in [-0.2, -0.15) is 0 Å². The highest BCUT2D eigenvalue weighted by Gasteiger charge is 2.20. The van der Waals surface area contributed by atoms with Gasteiger partial charge in [0.25, 0.3) is 0 Å². The molecular weight excluding hydrogens is 555 g/mol. The van der Waals surface area contributed by atoms with Gasteiger partial charge >= 0.3 is 0 Å². The van der Waals surface area contributed by atoms with E-state index in [2.05, 4.69) is 0 Å². The van der Waals surface area contributed by atoms with E-state index in [4.69, 9.17) is 25.0 Å². The Balaban J connectivity index is 1.51. The maximum Gasteiger partial charge on any atom is 0.162 e. The molecule has 44 heavy (non-hydrogen) atoms. The molecule has 0 bridgehead atoms. The highest BCUT2D eigenvalue weighted by Crippen LogP contribution is 2.42. The number of benzene rings is 6. The predicted octanol–water partition coefficient (Wildman–Crippen LogP) is 10.9. The van der Waals surface area contributed by atoms with Crippen molar-refractivity contribution in [1.82, 2.24) is 14.5 Å². The van der Waals surface area contributed by atoms with Gasteiger partial charge in [-0.3, -0.25) is 0 Å². The molecule has 0 unspecified atom stereocenters. The van der Waals surface area contributed by atoms with E-state index in [9.17, 15) is 1.37 Å². The third kappa shape index (κ3) is 3.89. The molecule has 0 N–H and O–H groups in total. The highest BCUT2D eigenvalue weighted by atomic mass is 32.1. The van der Waals surface area contributed by atoms with E-state index >= 15 is 0 Å². The van der Waals surface area contributed by atoms with Gasteiger partial charge < -0.3 is 4.57 Å². The average molecular weight is 592 g/mol. The van der Waals surface area contributed by atoms with Crippen molar-refractivity contribution in [3.63, 3.8) is 0 Å². The lowest BCUT2D eigenvalue weighted by molar-refractivity contribution is 1.16. The second-order valence-corrected chi connectivity index (χ2v) is 11.2. The third-order valence-electron chi connectivity index (χ3n) is 7.62. The molecule has 9 aromatic rings. The van der Waals surface area contributed by atoms with E-state index < -0.39 is 78.2 Å². The fourth-order valence-corrected chi connectivity index (χ4v) is 6.94. The number of aromatic nitrogens is 3. The van der Waals surface area contributed by atoms with Crippen LogP contribution in [0.15, 0.2) is 151 Å². The lowest BCUT2D eigenvalue weighted by atomic mass is 10.0. The normalized spacial score (nSPS) is 15.5. The zero-order valence-electron chi connectivity index (χ0n) is 34.8. The minimum atomic E-state index is -0.700. The van der Waals surface area contributed by atoms with Gasteiger partial charge in [-0.05, 0) is 36.3 Å². The summed E-state index contributed by atoms with van der Waals surface area (Å²) in [7, 11) is 0. The van der Waals surface area contributed by atoms with E-state index in [0.29, 0.717) is 17.0 Å². The minimum Gasteiger partial charge on any atom is -0.309 e. The molecule has 4 heteroatoms. The molecule has 3 heterocycles. The molecule has 0 radical (unpaired) electrons. The maximum absolute atomic E-state index is 9.40. The van der Waals surface area contributed by atoms with Crippen molar-refractivity contribution in [2.45, 2.75) is 0 Å². The van der Waals surface area contributed by atoms with Crippen molar-refractivity contribution >= 4 is 53.3 Å². The number of para-hydroxylation sites is 3. The summed E-state index contributed by atoms with van der Waals surface area (Å²) in [4.78, 5) is 9.96. The number of nitrogens with zero attached hydrogens (tertiary/aromatic N) is 3. The molecule has 0 aliphatic carbocycles. The van der Waals surface area contributed by atoms with Crippen LogP contribution in [0.25, 0.3) is 81.6 Å². The van der Waals surface area contributed by atoms with Gasteiger partial charge in [0.1, 0.15) is 0 Å². The quantitative estimate of drug-likeness (QED) is 0.204. The van der Waals surface area contributed by atoms with Gasteiger partial charge in [0.15, 0.2) is 5.82 Å². The van der Waals surface area contributed by atoms with Gasteiger partial charge in [-0.15, -0.1) is 11.3 Å². The smallest absolute Gasteiger partial charge is 0.162 e. The van der Waals surface area contributed by atoms with Crippen LogP contribution in [0.2, 0.25) is 0 Å². The van der Waals surface area contributed by atoms with Gasteiger partial charge in [0.05, 0.1) is 38.9 Å². The molecule has 0 saturated carbocycles. The second-order valence-electron chi connectivity index (χ2n) is 10.1. The van der Waals surface area contributed by atoms with Crippen molar-refractivity contribution < 1.29 is 16.4 Å². The van der Waals surface area contributed by atoms with Crippen LogP contribution in [0.1, 0.15) is 16.4 Å².